The van der Waals surface area contributed by atoms with E-state index in [0.717, 1.165) is 0 Å². The van der Waals surface area contributed by atoms with Crippen LogP contribution in [0.4, 0.5) is 0 Å². The Bertz CT molecular complexity index is 1350. The highest BCUT2D eigenvalue weighted by atomic mass is 28.4. The summed E-state index contributed by atoms with van der Waals surface area (Å²) in [5.74, 6) is 5.48. The second-order valence-electron chi connectivity index (χ2n) is 16.6. The van der Waals surface area contributed by atoms with Crippen LogP contribution >= 0.6 is 0 Å². The van der Waals surface area contributed by atoms with Gasteiger partial charge in [-0.2, -0.15) is 0 Å². The van der Waals surface area contributed by atoms with E-state index in [0.29, 0.717) is 35.7 Å². The number of methoxy groups -OCH3 is 1. The van der Waals surface area contributed by atoms with Gasteiger partial charge in [-0.1, -0.05) is 53.4 Å². The number of esters is 1. The molecule has 0 aromatic heterocycles. The number of benzene rings is 1. The molecule has 1 aromatic carbocycles. The molecule has 2 aliphatic heterocycles. The Balaban J connectivity index is 1.95. The third kappa shape index (κ3) is 10.3. The average molecular weight is 723 g/mol. The van der Waals surface area contributed by atoms with E-state index in [1.165, 1.54) is 0 Å². The van der Waals surface area contributed by atoms with E-state index in [4.69, 9.17) is 37.3 Å². The second-order valence-corrected chi connectivity index (χ2v) is 26.1. The van der Waals surface area contributed by atoms with Gasteiger partial charge in [0.05, 0.1) is 25.4 Å². The highest BCUT2D eigenvalue weighted by Crippen LogP contribution is 2.47. The van der Waals surface area contributed by atoms with E-state index in [1.54, 1.807) is 19.2 Å². The zero-order chi connectivity index (χ0) is 37.2. The molecular formula is C37H62O10Si2. The van der Waals surface area contributed by atoms with Crippen molar-refractivity contribution in [1.29, 1.82) is 0 Å². The van der Waals surface area contributed by atoms with Gasteiger partial charge in [0.1, 0.15) is 29.3 Å². The number of rotatable bonds is 14. The lowest BCUT2D eigenvalue weighted by molar-refractivity contribution is -0.154. The molecule has 2 aliphatic rings. The van der Waals surface area contributed by atoms with Gasteiger partial charge in [-0.05, 0) is 70.0 Å². The van der Waals surface area contributed by atoms with Crippen molar-refractivity contribution in [1.82, 2.24) is 0 Å². The molecule has 1 saturated heterocycles. The molecule has 0 bridgehead atoms. The van der Waals surface area contributed by atoms with Crippen LogP contribution in [-0.2, 0) is 27.8 Å². The van der Waals surface area contributed by atoms with Crippen LogP contribution < -0.4 is 9.47 Å². The zero-order valence-corrected chi connectivity index (χ0v) is 34.6. The number of hydrogen-bond acceptors (Lipinski definition) is 10. The molecule has 12 heteroatoms. The van der Waals surface area contributed by atoms with Crippen molar-refractivity contribution in [3.63, 3.8) is 0 Å². The van der Waals surface area contributed by atoms with Crippen molar-refractivity contribution in [2.24, 2.45) is 0 Å². The minimum absolute atomic E-state index is 0.0257. The summed E-state index contributed by atoms with van der Waals surface area (Å²) in [6.45, 7) is 29.8. The van der Waals surface area contributed by atoms with E-state index < -0.39 is 58.9 Å². The van der Waals surface area contributed by atoms with Crippen LogP contribution in [-0.4, -0.2) is 84.5 Å². The van der Waals surface area contributed by atoms with Crippen molar-refractivity contribution in [2.45, 2.75) is 161 Å². The van der Waals surface area contributed by atoms with Crippen molar-refractivity contribution in [3.05, 3.63) is 23.3 Å². The Morgan fingerprint density at radius 3 is 2.18 bits per heavy atom. The number of hydrogen-bond donors (Lipinski definition) is 1. The first-order valence-corrected chi connectivity index (χ1v) is 23.3. The van der Waals surface area contributed by atoms with E-state index in [2.05, 4.69) is 79.6 Å². The number of ether oxygens (including phenoxy) is 6. The van der Waals surface area contributed by atoms with Gasteiger partial charge in [-0.25, -0.2) is 4.79 Å². The number of fused-ring (bicyclic) bond motifs is 1. The van der Waals surface area contributed by atoms with E-state index in [1.807, 2.05) is 27.7 Å². The lowest BCUT2D eigenvalue weighted by Gasteiger charge is -2.41. The molecule has 1 N–H and O–H groups in total. The Hall–Kier alpha value is -1.96. The first-order valence-electron chi connectivity index (χ1n) is 17.4. The molecule has 278 valence electrons. The van der Waals surface area contributed by atoms with Crippen LogP contribution in [0.3, 0.4) is 0 Å². The summed E-state index contributed by atoms with van der Waals surface area (Å²) in [6.07, 6.45) is -3.26. The third-order valence-electron chi connectivity index (χ3n) is 10.1. The summed E-state index contributed by atoms with van der Waals surface area (Å²) >= 11 is 0. The maximum absolute atomic E-state index is 13.5. The quantitative estimate of drug-likeness (QED) is 0.0673. The molecule has 0 amide bonds. The molecule has 0 saturated carbocycles. The van der Waals surface area contributed by atoms with Gasteiger partial charge in [0.15, 0.2) is 35.3 Å². The van der Waals surface area contributed by atoms with Gasteiger partial charge in [0.25, 0.3) is 0 Å². The summed E-state index contributed by atoms with van der Waals surface area (Å²) in [7, 11) is -2.83. The standard InChI is InChI=1S/C37H62O10Si2/c1-16-41-23-42-28-21-25(40-11)20-26-31(28)34(39)43-32(26)30(47-49(14,15)36(6,7)8)22-29-33(45-37(9,10)44-29)27(38)19-17-18-24(2)46-48(12,13)35(3,4)5/h20-21,24,27,29-30,32-33,38H,16,18,22-23H2,1-15H3/t24-,27?,29-,30+,32-,33+/m0/s1. The normalized spacial score (nSPS) is 22.9. The number of carbonyl (C=O) groups excluding carboxylic acids is 1. The van der Waals surface area contributed by atoms with Gasteiger partial charge in [-0.15, -0.1) is 0 Å². The fourth-order valence-electron chi connectivity index (χ4n) is 5.43. The molecular weight excluding hydrogens is 661 g/mol. The molecule has 0 spiro atoms. The first kappa shape index (κ1) is 41.5. The van der Waals surface area contributed by atoms with Crippen LogP contribution in [0, 0.1) is 11.8 Å². The Labute approximate surface area is 297 Å². The van der Waals surface area contributed by atoms with Gasteiger partial charge in [-0.3, -0.25) is 0 Å². The summed E-state index contributed by atoms with van der Waals surface area (Å²) in [5.41, 5.74) is 0.917. The third-order valence-corrected chi connectivity index (χ3v) is 19.2. The lowest BCUT2D eigenvalue weighted by atomic mass is 9.94. The number of aliphatic hydroxyl groups is 1. The predicted molar refractivity (Wildman–Crippen MR) is 195 cm³/mol. The topological polar surface area (TPSA) is 111 Å². The van der Waals surface area contributed by atoms with Crippen LogP contribution in [0.2, 0.25) is 36.3 Å². The minimum atomic E-state index is -2.44. The van der Waals surface area contributed by atoms with Crippen LogP contribution in [0.25, 0.3) is 0 Å². The summed E-state index contributed by atoms with van der Waals surface area (Å²) in [6, 6.07) is 3.45. The molecule has 1 aromatic rings. The fraction of sp³-hybridized carbons (Fsp3) is 0.757. The monoisotopic (exact) mass is 722 g/mol. The SMILES string of the molecule is CCOCOc1cc(OC)cc2c1C(=O)O[C@@H]2[C@@H](C[C@@H]1OC(C)(C)O[C@@H]1C(O)C#CC[C@H](C)O[Si](C)(C)C(C)(C)C)O[Si](C)(C)C(C)(C)C. The van der Waals surface area contributed by atoms with E-state index >= 15 is 0 Å². The maximum Gasteiger partial charge on any atom is 0.343 e. The number of cyclic esters (lactones) is 1. The van der Waals surface area contributed by atoms with Gasteiger partial charge in [0.2, 0.25) is 0 Å². The largest absolute Gasteiger partial charge is 0.497 e. The van der Waals surface area contributed by atoms with Crippen molar-refractivity contribution >= 4 is 22.6 Å². The van der Waals surface area contributed by atoms with Crippen LogP contribution in [0.15, 0.2) is 12.1 Å². The highest BCUT2D eigenvalue weighted by Gasteiger charge is 2.51. The molecule has 6 atom stereocenters. The molecule has 3 rings (SSSR count). The Morgan fingerprint density at radius 1 is 1.00 bits per heavy atom. The number of carbonyl (C=O) groups is 1. The van der Waals surface area contributed by atoms with Gasteiger partial charge in [0, 0.05) is 31.1 Å². The molecule has 10 nitrogen and oxygen atoms in total. The zero-order valence-electron chi connectivity index (χ0n) is 32.6. The molecule has 1 fully saturated rings. The van der Waals surface area contributed by atoms with Crippen LogP contribution in [0.5, 0.6) is 11.5 Å². The van der Waals surface area contributed by atoms with E-state index in [-0.39, 0.29) is 29.4 Å². The lowest BCUT2D eigenvalue weighted by Crippen LogP contribution is -2.47. The second kappa shape index (κ2) is 15.7. The van der Waals surface area contributed by atoms with Crippen molar-refractivity contribution in [3.8, 4) is 23.3 Å². The fourth-order valence-corrected chi connectivity index (χ4v) is 8.20. The van der Waals surface area contributed by atoms with Crippen molar-refractivity contribution < 1.29 is 47.2 Å². The Morgan fingerprint density at radius 2 is 1.61 bits per heavy atom. The molecule has 0 aliphatic carbocycles. The Kier molecular flexibility index (Phi) is 13.3. The van der Waals surface area contributed by atoms with E-state index in [9.17, 15) is 9.90 Å². The first-order chi connectivity index (χ1) is 22.4. The average Bonchev–Trinajstić information content (AvgIpc) is 3.45. The van der Waals surface area contributed by atoms with Crippen molar-refractivity contribution in [2.75, 3.05) is 20.5 Å². The maximum atomic E-state index is 13.5. The smallest absolute Gasteiger partial charge is 0.343 e. The summed E-state index contributed by atoms with van der Waals surface area (Å²) in [5, 5.41) is 11.3. The highest BCUT2D eigenvalue weighted by molar-refractivity contribution is 6.74. The number of aliphatic hydroxyl groups excluding tert-OH is 1. The predicted octanol–water partition coefficient (Wildman–Crippen LogP) is 7.74. The molecule has 49 heavy (non-hydrogen) atoms. The van der Waals surface area contributed by atoms with Gasteiger partial charge < -0.3 is 42.4 Å². The molecule has 2 heterocycles. The minimum Gasteiger partial charge on any atom is -0.497 e. The van der Waals surface area contributed by atoms with Crippen LogP contribution in [0.1, 0.15) is 104 Å². The summed E-state index contributed by atoms with van der Waals surface area (Å²) in [4.78, 5) is 13.5. The molecule has 1 unspecified atom stereocenters. The van der Waals surface area contributed by atoms with Gasteiger partial charge >= 0.3 is 5.97 Å². The summed E-state index contributed by atoms with van der Waals surface area (Å²) < 4.78 is 49.1. The molecule has 0 radical (unpaired) electrons.